The highest BCUT2D eigenvalue weighted by Crippen LogP contribution is 2.64. The van der Waals surface area contributed by atoms with Gasteiger partial charge in [0.15, 0.2) is 0 Å². The summed E-state index contributed by atoms with van der Waals surface area (Å²) in [6.07, 6.45) is 0. The van der Waals surface area contributed by atoms with Crippen molar-refractivity contribution in [3.63, 3.8) is 0 Å². The minimum Gasteiger partial charge on any atom is -0.392 e. The van der Waals surface area contributed by atoms with Gasteiger partial charge in [0.05, 0.1) is 24.0 Å². The molecule has 0 saturated heterocycles. The third kappa shape index (κ3) is 14.9. The standard InChI is InChI=1S/C39H29NO.C39H31NO.C20H17N.C19H15N.C13H11N/c1-40(28-20-19-27(25-41)34(23-28)26-11-3-2-4-12-26)29-21-22-33-32-15-7-10-18-37(32)39(38(33)24-29)35-16-8-5-13-30(35)31-14-6-9-17-36(31)39;1-40(32-22-21-29(27-41)36(25-32)28-13-5-2-6-14-28)33-23-24-35-34-19-11-12-20-37(34)39(38(35)26-33,30-15-7-3-8-16-30)31-17-9-4-10-18-31;1-14-7-3-4-8-16(14)15-11-12-20-18(13-15)17-9-5-6-10-19(17)21(20)2;1-20-18-10-6-5-9-16(18)17-13-15(11-12-19(17)20)14-7-3-2-4-8-14;1-14-12-8-4-2-6-10(12)11-7-3-5-9-13(11)14/h2-24,41H,25H2,1H3;2-26,41H,27H2,1H3;3-13H,1-2H3;2-13H,1H3;2-9H,1H3. The first kappa shape index (κ1) is 85.8. The number of benzene rings is 20. The van der Waals surface area contributed by atoms with E-state index in [0.29, 0.717) is 0 Å². The number of para-hydroxylation sites is 4. The van der Waals surface area contributed by atoms with Crippen molar-refractivity contribution in [2.24, 2.45) is 21.1 Å². The molecule has 3 heterocycles. The van der Waals surface area contributed by atoms with E-state index >= 15 is 0 Å². The average molecular weight is 1770 g/mol. The predicted octanol–water partition coefficient (Wildman–Crippen LogP) is 31.6. The second kappa shape index (κ2) is 36.4. The molecule has 7 heteroatoms. The number of anilines is 4. The lowest BCUT2D eigenvalue weighted by Crippen LogP contribution is -2.28. The third-order valence-corrected chi connectivity index (χ3v) is 28.9. The van der Waals surface area contributed by atoms with Gasteiger partial charge < -0.3 is 33.7 Å². The molecule has 1 spiro atoms. The van der Waals surface area contributed by atoms with Crippen molar-refractivity contribution in [2.75, 3.05) is 23.9 Å². The zero-order valence-corrected chi connectivity index (χ0v) is 77.7. The number of hydrogen-bond donors (Lipinski definition) is 2. The molecule has 20 aromatic carbocycles. The summed E-state index contributed by atoms with van der Waals surface area (Å²) < 4.78 is 6.77. The molecule has 0 bridgehead atoms. The largest absolute Gasteiger partial charge is 0.392 e. The number of aryl methyl sites for hydroxylation is 4. The zero-order chi connectivity index (χ0) is 92.8. The summed E-state index contributed by atoms with van der Waals surface area (Å²) in [6, 6.07) is 171. The first-order valence-corrected chi connectivity index (χ1v) is 47.2. The topological polar surface area (TPSA) is 61.7 Å². The van der Waals surface area contributed by atoms with E-state index in [9.17, 15) is 10.2 Å². The smallest absolute Gasteiger partial charge is 0.0726 e. The van der Waals surface area contributed by atoms with Crippen molar-refractivity contribution >= 4 is 88.2 Å². The van der Waals surface area contributed by atoms with Gasteiger partial charge in [-0.15, -0.1) is 0 Å². The van der Waals surface area contributed by atoms with Crippen LogP contribution in [0.1, 0.15) is 61.2 Å². The van der Waals surface area contributed by atoms with E-state index in [-0.39, 0.29) is 18.6 Å². The highest BCUT2D eigenvalue weighted by Gasteiger charge is 2.52. The molecule has 0 unspecified atom stereocenters. The molecule has 0 atom stereocenters. The summed E-state index contributed by atoms with van der Waals surface area (Å²) in [5.74, 6) is 0. The minimum absolute atomic E-state index is 0.00198. The van der Waals surface area contributed by atoms with Crippen molar-refractivity contribution in [3.05, 3.63) is 540 Å². The van der Waals surface area contributed by atoms with Crippen LogP contribution in [0.4, 0.5) is 22.7 Å². The van der Waals surface area contributed by atoms with E-state index in [1.807, 2.05) is 48.5 Å². The van der Waals surface area contributed by atoms with Gasteiger partial charge in [-0.25, -0.2) is 0 Å². The van der Waals surface area contributed by atoms with E-state index in [0.717, 1.165) is 56.1 Å². The summed E-state index contributed by atoms with van der Waals surface area (Å²) in [4.78, 5) is 4.51. The first-order valence-electron chi connectivity index (χ1n) is 47.2. The Balaban J connectivity index is 0.000000105. The third-order valence-electron chi connectivity index (χ3n) is 28.9. The number of aliphatic hydroxyl groups is 2. The van der Waals surface area contributed by atoms with Crippen molar-refractivity contribution in [1.29, 1.82) is 0 Å². The summed E-state index contributed by atoms with van der Waals surface area (Å²) in [5, 5.41) is 28.1. The molecule has 26 rings (SSSR count). The zero-order valence-electron chi connectivity index (χ0n) is 77.7. The Morgan fingerprint density at radius 1 is 0.204 bits per heavy atom. The molecule has 0 radical (unpaired) electrons. The van der Waals surface area contributed by atoms with Crippen LogP contribution in [0.2, 0.25) is 0 Å². The van der Waals surface area contributed by atoms with Crippen LogP contribution in [0.5, 0.6) is 0 Å². The lowest BCUT2D eigenvalue weighted by molar-refractivity contribution is 0.282. The van der Waals surface area contributed by atoms with E-state index in [2.05, 4.69) is 496 Å². The van der Waals surface area contributed by atoms with Gasteiger partial charge in [0.1, 0.15) is 0 Å². The van der Waals surface area contributed by atoms with Gasteiger partial charge in [-0.05, 0) is 243 Å². The normalized spacial score (nSPS) is 12.4. The summed E-state index contributed by atoms with van der Waals surface area (Å²) in [5.41, 5.74) is 42.3. The quantitative estimate of drug-likeness (QED) is 0.128. The predicted molar refractivity (Wildman–Crippen MR) is 575 cm³/mol. The van der Waals surface area contributed by atoms with Crippen LogP contribution < -0.4 is 9.80 Å². The summed E-state index contributed by atoms with van der Waals surface area (Å²) in [7, 11) is 10.6. The lowest BCUT2D eigenvalue weighted by atomic mass is 9.67. The highest BCUT2D eigenvalue weighted by molar-refractivity contribution is 6.11. The van der Waals surface area contributed by atoms with E-state index in [1.54, 1.807) is 0 Å². The van der Waals surface area contributed by atoms with Crippen LogP contribution in [-0.2, 0) is 45.2 Å². The number of aliphatic hydroxyl groups excluding tert-OH is 2. The van der Waals surface area contributed by atoms with Crippen LogP contribution in [0.3, 0.4) is 0 Å². The second-order valence-corrected chi connectivity index (χ2v) is 36.1. The molecule has 137 heavy (non-hydrogen) atoms. The van der Waals surface area contributed by atoms with Gasteiger partial charge in [-0.2, -0.15) is 0 Å². The maximum absolute atomic E-state index is 10.1. The van der Waals surface area contributed by atoms with Gasteiger partial charge in [-0.3, -0.25) is 0 Å². The lowest BCUT2D eigenvalue weighted by Gasteiger charge is -2.34. The molecule has 0 amide bonds. The molecule has 23 aromatic rings. The number of rotatable bonds is 12. The Kier molecular flexibility index (Phi) is 22.8. The Morgan fingerprint density at radius 2 is 0.482 bits per heavy atom. The number of fused-ring (bicyclic) bond motifs is 22. The van der Waals surface area contributed by atoms with Crippen molar-refractivity contribution in [3.8, 4) is 77.9 Å². The van der Waals surface area contributed by atoms with Crippen molar-refractivity contribution < 1.29 is 10.2 Å². The first-order chi connectivity index (χ1) is 67.4. The minimum atomic E-state index is -0.429. The van der Waals surface area contributed by atoms with E-state index < -0.39 is 5.41 Å². The molecule has 0 aliphatic heterocycles. The molecule has 3 aliphatic carbocycles. The molecule has 3 aromatic heterocycles. The van der Waals surface area contributed by atoms with Crippen LogP contribution >= 0.6 is 0 Å². The van der Waals surface area contributed by atoms with Crippen molar-refractivity contribution in [1.82, 2.24) is 13.7 Å². The fourth-order valence-corrected chi connectivity index (χ4v) is 22.2. The Hall–Kier alpha value is -16.7. The molecule has 2 N–H and O–H groups in total. The van der Waals surface area contributed by atoms with E-state index in [1.165, 1.54) is 171 Å². The Bertz CT molecular complexity index is 8110. The Morgan fingerprint density at radius 3 is 0.869 bits per heavy atom. The van der Waals surface area contributed by atoms with Crippen LogP contribution in [-0.4, -0.2) is 38.0 Å². The molecule has 7 nitrogen and oxygen atoms in total. The average Bonchev–Trinajstić information content (AvgIpc) is 1.51. The monoisotopic (exact) mass is 1770 g/mol. The Labute approximate surface area is 800 Å². The van der Waals surface area contributed by atoms with Crippen LogP contribution in [0.15, 0.2) is 479 Å². The van der Waals surface area contributed by atoms with Gasteiger partial charge in [-0.1, -0.05) is 382 Å². The van der Waals surface area contributed by atoms with Gasteiger partial charge in [0.25, 0.3) is 0 Å². The maximum Gasteiger partial charge on any atom is 0.0726 e. The number of aromatic nitrogens is 3. The molecule has 3 aliphatic rings. The SMILES string of the molecule is CN(c1ccc(CO)c(-c2ccccc2)c1)c1ccc2c(c1)C(c1ccccc1)(c1ccccc1)c1ccccc1-2.CN(c1ccc(CO)c(-c2ccccc2)c1)c1ccc2c(c1)C1(c3ccccc3-c3ccccc31)c1ccccc1-2.Cc1ccccc1-c1ccc2c(c1)c1ccccc1n2C.Cn1c2ccccc2c2cc(-c3ccccc3)ccc21.Cn1c2ccccc2c2ccccc21. The maximum atomic E-state index is 10.1. The van der Waals surface area contributed by atoms with Crippen LogP contribution in [0.25, 0.3) is 143 Å². The summed E-state index contributed by atoms with van der Waals surface area (Å²) >= 11 is 0. The van der Waals surface area contributed by atoms with Gasteiger partial charge >= 0.3 is 0 Å². The van der Waals surface area contributed by atoms with Crippen molar-refractivity contribution in [2.45, 2.75) is 31.0 Å². The number of nitrogens with zero attached hydrogens (tertiary/aromatic N) is 5. The van der Waals surface area contributed by atoms with E-state index in [4.69, 9.17) is 0 Å². The highest BCUT2D eigenvalue weighted by atomic mass is 16.3. The second-order valence-electron chi connectivity index (χ2n) is 36.1. The summed E-state index contributed by atoms with van der Waals surface area (Å²) in [6.45, 7) is 2.18. The number of hydrogen-bond acceptors (Lipinski definition) is 4. The van der Waals surface area contributed by atoms with Gasteiger partial charge in [0.2, 0.25) is 0 Å². The van der Waals surface area contributed by atoms with Gasteiger partial charge in [0, 0.05) is 123 Å². The fourth-order valence-electron chi connectivity index (χ4n) is 22.2. The molecule has 0 saturated carbocycles. The molecular weight excluding hydrogens is 1660 g/mol. The molecular formula is C130H103N5O2. The molecule has 660 valence electrons. The fraction of sp³-hybridized carbons (Fsp3) is 0.0769. The molecule has 0 fully saturated rings. The van der Waals surface area contributed by atoms with Crippen LogP contribution in [0, 0.1) is 6.92 Å².